The molecule has 2 rings (SSSR count). The van der Waals surface area contributed by atoms with Crippen molar-refractivity contribution in [2.24, 2.45) is 5.92 Å². The summed E-state index contributed by atoms with van der Waals surface area (Å²) in [5, 5.41) is 9.35. The summed E-state index contributed by atoms with van der Waals surface area (Å²) in [5.41, 5.74) is 1.04. The smallest absolute Gasteiger partial charge is 0.0928 e. The Morgan fingerprint density at radius 1 is 1.77 bits per heavy atom. The first kappa shape index (κ1) is 9.05. The van der Waals surface area contributed by atoms with Crippen LogP contribution in [0, 0.1) is 5.92 Å². The number of ether oxygens (including phenoxy) is 1. The van der Waals surface area contributed by atoms with Gasteiger partial charge in [-0.25, -0.2) is 0 Å². The van der Waals surface area contributed by atoms with E-state index in [-0.39, 0.29) is 0 Å². The van der Waals surface area contributed by atoms with Crippen molar-refractivity contribution in [3.05, 3.63) is 11.1 Å². The summed E-state index contributed by atoms with van der Waals surface area (Å²) >= 11 is 1.40. The molecule has 1 aliphatic rings. The van der Waals surface area contributed by atoms with Crippen LogP contribution in [0.5, 0.6) is 0 Å². The average Bonchev–Trinajstić information content (AvgIpc) is 2.76. The highest BCUT2D eigenvalue weighted by atomic mass is 32.1. The van der Waals surface area contributed by atoms with Crippen molar-refractivity contribution in [2.75, 3.05) is 20.3 Å². The van der Waals surface area contributed by atoms with Crippen LogP contribution in [0.4, 0.5) is 0 Å². The van der Waals surface area contributed by atoms with E-state index in [1.165, 1.54) is 11.5 Å². The molecule has 1 aromatic rings. The van der Waals surface area contributed by atoms with Gasteiger partial charge in [-0.15, -0.1) is 5.10 Å². The molecular formula is C8H13N3OS. The van der Waals surface area contributed by atoms with Crippen LogP contribution in [0.3, 0.4) is 0 Å². The molecule has 1 N–H and O–H groups in total. The fourth-order valence-corrected chi connectivity index (χ4v) is 2.24. The van der Waals surface area contributed by atoms with Gasteiger partial charge < -0.3 is 10.1 Å². The SMILES string of the molecule is CNC(c1csnn1)C1CCOC1. The van der Waals surface area contributed by atoms with Crippen LogP contribution in [0.2, 0.25) is 0 Å². The number of hydrogen-bond donors (Lipinski definition) is 1. The fraction of sp³-hybridized carbons (Fsp3) is 0.750. The van der Waals surface area contributed by atoms with Crippen LogP contribution in [0.25, 0.3) is 0 Å². The lowest BCUT2D eigenvalue weighted by molar-refractivity contribution is 0.177. The molecule has 2 atom stereocenters. The molecular weight excluding hydrogens is 186 g/mol. The maximum Gasteiger partial charge on any atom is 0.0928 e. The molecule has 0 saturated carbocycles. The molecule has 1 fully saturated rings. The van der Waals surface area contributed by atoms with E-state index < -0.39 is 0 Å². The van der Waals surface area contributed by atoms with Crippen LogP contribution < -0.4 is 5.32 Å². The van der Waals surface area contributed by atoms with E-state index in [0.29, 0.717) is 12.0 Å². The first-order valence-corrected chi connectivity index (χ1v) is 5.27. The highest BCUT2D eigenvalue weighted by Crippen LogP contribution is 2.27. The largest absolute Gasteiger partial charge is 0.381 e. The summed E-state index contributed by atoms with van der Waals surface area (Å²) in [6.45, 7) is 1.71. The van der Waals surface area contributed by atoms with Gasteiger partial charge >= 0.3 is 0 Å². The van der Waals surface area contributed by atoms with Gasteiger partial charge in [0.15, 0.2) is 0 Å². The molecule has 1 aromatic heterocycles. The first-order valence-electron chi connectivity index (χ1n) is 4.44. The van der Waals surface area contributed by atoms with Gasteiger partial charge in [0.05, 0.1) is 18.3 Å². The zero-order valence-electron chi connectivity index (χ0n) is 7.56. The summed E-state index contributed by atoms with van der Waals surface area (Å²) in [7, 11) is 1.96. The molecule has 2 heterocycles. The second-order valence-corrected chi connectivity index (χ2v) is 3.83. The van der Waals surface area contributed by atoms with Crippen molar-refractivity contribution < 1.29 is 4.74 Å². The normalized spacial score (nSPS) is 24.8. The summed E-state index contributed by atoms with van der Waals surface area (Å²) in [5.74, 6) is 0.550. The number of aromatic nitrogens is 2. The number of hydrogen-bond acceptors (Lipinski definition) is 5. The molecule has 0 aliphatic carbocycles. The Bertz CT molecular complexity index is 246. The van der Waals surface area contributed by atoms with E-state index in [1.807, 2.05) is 12.4 Å². The molecule has 0 amide bonds. The lowest BCUT2D eigenvalue weighted by Gasteiger charge is -2.18. The van der Waals surface area contributed by atoms with Crippen molar-refractivity contribution in [1.29, 1.82) is 0 Å². The van der Waals surface area contributed by atoms with Gasteiger partial charge in [0.2, 0.25) is 0 Å². The van der Waals surface area contributed by atoms with Gasteiger partial charge in [0, 0.05) is 17.9 Å². The van der Waals surface area contributed by atoms with E-state index in [9.17, 15) is 0 Å². The minimum Gasteiger partial charge on any atom is -0.381 e. The Kier molecular flexibility index (Phi) is 2.87. The van der Waals surface area contributed by atoms with E-state index in [0.717, 1.165) is 25.3 Å². The second-order valence-electron chi connectivity index (χ2n) is 3.22. The lowest BCUT2D eigenvalue weighted by atomic mass is 9.97. The third-order valence-corrected chi connectivity index (χ3v) is 2.97. The number of nitrogens with zero attached hydrogens (tertiary/aromatic N) is 2. The summed E-state index contributed by atoms with van der Waals surface area (Å²) < 4.78 is 9.23. The van der Waals surface area contributed by atoms with Gasteiger partial charge in [-0.1, -0.05) is 4.49 Å². The molecule has 0 spiro atoms. The second kappa shape index (κ2) is 4.13. The van der Waals surface area contributed by atoms with Crippen LogP contribution >= 0.6 is 11.5 Å². The van der Waals surface area contributed by atoms with E-state index >= 15 is 0 Å². The van der Waals surface area contributed by atoms with Crippen LogP contribution in [0.1, 0.15) is 18.2 Å². The Hall–Kier alpha value is -0.520. The van der Waals surface area contributed by atoms with Crippen LogP contribution in [-0.4, -0.2) is 29.8 Å². The minimum absolute atomic E-state index is 0.307. The predicted octanol–water partition coefficient (Wildman–Crippen LogP) is 0.835. The molecule has 72 valence electrons. The Morgan fingerprint density at radius 3 is 3.23 bits per heavy atom. The fourth-order valence-electron chi connectivity index (χ4n) is 1.75. The third-order valence-electron chi connectivity index (χ3n) is 2.44. The van der Waals surface area contributed by atoms with Crippen molar-refractivity contribution in [3.8, 4) is 0 Å². The van der Waals surface area contributed by atoms with Gasteiger partial charge in [-0.2, -0.15) is 0 Å². The van der Waals surface area contributed by atoms with Gasteiger partial charge in [-0.3, -0.25) is 0 Å². The van der Waals surface area contributed by atoms with Crippen molar-refractivity contribution >= 4 is 11.5 Å². The maximum absolute atomic E-state index is 5.35. The maximum atomic E-state index is 5.35. The van der Waals surface area contributed by atoms with E-state index in [4.69, 9.17) is 4.74 Å². The Labute approximate surface area is 81.5 Å². The average molecular weight is 199 g/mol. The summed E-state index contributed by atoms with van der Waals surface area (Å²) in [4.78, 5) is 0. The Morgan fingerprint density at radius 2 is 2.69 bits per heavy atom. The van der Waals surface area contributed by atoms with E-state index in [2.05, 4.69) is 14.9 Å². The zero-order chi connectivity index (χ0) is 9.10. The molecule has 5 heteroatoms. The molecule has 0 radical (unpaired) electrons. The molecule has 0 aromatic carbocycles. The summed E-state index contributed by atoms with van der Waals surface area (Å²) in [6.07, 6.45) is 1.11. The monoisotopic (exact) mass is 199 g/mol. The Balaban J connectivity index is 2.08. The summed E-state index contributed by atoms with van der Waals surface area (Å²) in [6, 6.07) is 0.307. The van der Waals surface area contributed by atoms with Crippen molar-refractivity contribution in [3.63, 3.8) is 0 Å². The quantitative estimate of drug-likeness (QED) is 0.783. The lowest BCUT2D eigenvalue weighted by Crippen LogP contribution is -2.25. The van der Waals surface area contributed by atoms with Crippen molar-refractivity contribution in [1.82, 2.24) is 14.9 Å². The highest BCUT2D eigenvalue weighted by Gasteiger charge is 2.27. The molecule has 2 unspecified atom stereocenters. The van der Waals surface area contributed by atoms with Gasteiger partial charge in [0.1, 0.15) is 0 Å². The van der Waals surface area contributed by atoms with E-state index in [1.54, 1.807) is 0 Å². The first-order chi connectivity index (χ1) is 6.42. The minimum atomic E-state index is 0.307. The van der Waals surface area contributed by atoms with Gasteiger partial charge in [0.25, 0.3) is 0 Å². The standard InChI is InChI=1S/C8H13N3OS/c1-9-8(6-2-3-12-4-6)7-5-13-11-10-7/h5-6,8-9H,2-4H2,1H3. The third kappa shape index (κ3) is 1.87. The zero-order valence-corrected chi connectivity index (χ0v) is 8.38. The molecule has 1 aliphatic heterocycles. The molecule has 1 saturated heterocycles. The number of rotatable bonds is 3. The van der Waals surface area contributed by atoms with Crippen LogP contribution in [-0.2, 0) is 4.74 Å². The van der Waals surface area contributed by atoms with Crippen molar-refractivity contribution in [2.45, 2.75) is 12.5 Å². The topological polar surface area (TPSA) is 47.0 Å². The highest BCUT2D eigenvalue weighted by molar-refractivity contribution is 7.03. The molecule has 13 heavy (non-hydrogen) atoms. The van der Waals surface area contributed by atoms with Gasteiger partial charge in [-0.05, 0) is 25.0 Å². The molecule has 0 bridgehead atoms. The number of nitrogens with one attached hydrogen (secondary N) is 1. The predicted molar refractivity (Wildman–Crippen MR) is 50.6 cm³/mol. The van der Waals surface area contributed by atoms with Crippen LogP contribution in [0.15, 0.2) is 5.38 Å². The molecule has 4 nitrogen and oxygen atoms in total.